The maximum absolute atomic E-state index is 11.7. The average Bonchev–Trinajstić information content (AvgIpc) is 2.94. The molecule has 0 bridgehead atoms. The lowest BCUT2D eigenvalue weighted by atomic mass is 9.79. The van der Waals surface area contributed by atoms with Crippen LogP contribution in [-0.2, 0) is 22.6 Å². The van der Waals surface area contributed by atoms with Crippen molar-refractivity contribution < 1.29 is 19.1 Å². The van der Waals surface area contributed by atoms with Gasteiger partial charge in [-0.1, -0.05) is 12.5 Å². The number of fused-ring (bicyclic) bond motifs is 2. The molecular weight excluding hydrogens is 304 g/mol. The molecule has 0 saturated heterocycles. The van der Waals surface area contributed by atoms with Gasteiger partial charge >= 0.3 is 5.97 Å². The summed E-state index contributed by atoms with van der Waals surface area (Å²) in [5.74, 6) is 0.302. The topological polar surface area (TPSA) is 59.7 Å². The number of hydrogen-bond donors (Lipinski definition) is 1. The van der Waals surface area contributed by atoms with Crippen LogP contribution in [0.3, 0.4) is 0 Å². The number of esters is 1. The summed E-state index contributed by atoms with van der Waals surface area (Å²) in [4.78, 5) is 11.7. The number of aryl methyl sites for hydroxylation is 1. The van der Waals surface area contributed by atoms with Crippen molar-refractivity contribution in [2.75, 3.05) is 0 Å². The Morgan fingerprint density at radius 1 is 1.46 bits per heavy atom. The highest BCUT2D eigenvalue weighted by atomic mass is 16.5. The summed E-state index contributed by atoms with van der Waals surface area (Å²) in [5.41, 5.74) is 5.58. The monoisotopic (exact) mass is 328 g/mol. The van der Waals surface area contributed by atoms with Gasteiger partial charge in [-0.3, -0.25) is 0 Å². The van der Waals surface area contributed by atoms with E-state index in [0.29, 0.717) is 11.5 Å². The highest BCUT2D eigenvalue weighted by Gasteiger charge is 2.27. The predicted octanol–water partition coefficient (Wildman–Crippen LogP) is 4.90. The number of ether oxygens (including phenoxy) is 1. The van der Waals surface area contributed by atoms with E-state index in [0.717, 1.165) is 46.9 Å². The largest absolute Gasteiger partial charge is 0.504 e. The molecule has 0 amide bonds. The van der Waals surface area contributed by atoms with Gasteiger partial charge in [-0.2, -0.15) is 0 Å². The normalized spacial score (nSPS) is 16.8. The first-order valence-corrected chi connectivity index (χ1v) is 8.46. The van der Waals surface area contributed by atoms with Crippen LogP contribution in [0.4, 0.5) is 0 Å². The van der Waals surface area contributed by atoms with Gasteiger partial charge in [0, 0.05) is 22.6 Å². The zero-order valence-corrected chi connectivity index (χ0v) is 14.7. The molecular formula is C20H24O4. The Morgan fingerprint density at radius 2 is 2.21 bits per heavy atom. The Morgan fingerprint density at radius 3 is 2.92 bits per heavy atom. The van der Waals surface area contributed by atoms with Gasteiger partial charge in [0.25, 0.3) is 0 Å². The Labute approximate surface area is 142 Å². The lowest BCUT2D eigenvalue weighted by Crippen LogP contribution is -2.10. The third-order valence-corrected chi connectivity index (χ3v) is 4.81. The van der Waals surface area contributed by atoms with E-state index in [1.807, 2.05) is 13.8 Å². The van der Waals surface area contributed by atoms with Crippen molar-refractivity contribution in [3.8, 4) is 5.75 Å². The minimum Gasteiger partial charge on any atom is -0.504 e. The van der Waals surface area contributed by atoms with E-state index in [4.69, 9.17) is 9.15 Å². The fourth-order valence-electron chi connectivity index (χ4n) is 3.79. The van der Waals surface area contributed by atoms with Crippen LogP contribution in [0.1, 0.15) is 61.8 Å². The van der Waals surface area contributed by atoms with Gasteiger partial charge in [-0.15, -0.1) is 0 Å². The SMILES string of the molecule is CC(C)=CC(=O)OCc1coc2c(O)c3c(c(C)c12)[C@@H](C)CCC3. The van der Waals surface area contributed by atoms with Gasteiger partial charge in [0.1, 0.15) is 6.61 Å². The lowest BCUT2D eigenvalue weighted by molar-refractivity contribution is -0.139. The number of aromatic hydroxyl groups is 1. The predicted molar refractivity (Wildman–Crippen MR) is 93.2 cm³/mol. The van der Waals surface area contributed by atoms with Gasteiger partial charge < -0.3 is 14.3 Å². The van der Waals surface area contributed by atoms with E-state index < -0.39 is 0 Å². The number of hydrogen-bond acceptors (Lipinski definition) is 4. The summed E-state index contributed by atoms with van der Waals surface area (Å²) in [5, 5.41) is 11.5. The number of phenolic OH excluding ortho intramolecular Hbond substituents is 1. The molecule has 1 heterocycles. The summed E-state index contributed by atoms with van der Waals surface area (Å²) in [7, 11) is 0. The van der Waals surface area contributed by atoms with Gasteiger partial charge in [0.05, 0.1) is 6.26 Å². The second kappa shape index (κ2) is 6.34. The summed E-state index contributed by atoms with van der Waals surface area (Å²) in [6, 6.07) is 0. The Hall–Kier alpha value is -2.23. The van der Waals surface area contributed by atoms with Crippen LogP contribution in [-0.4, -0.2) is 11.1 Å². The molecule has 128 valence electrons. The third kappa shape index (κ3) is 2.81. The number of carbonyl (C=O) groups excluding carboxylic acids is 1. The number of phenols is 1. The maximum atomic E-state index is 11.7. The molecule has 24 heavy (non-hydrogen) atoms. The Balaban J connectivity index is 2.03. The molecule has 0 fully saturated rings. The molecule has 2 aromatic rings. The summed E-state index contributed by atoms with van der Waals surface area (Å²) >= 11 is 0. The van der Waals surface area contributed by atoms with Crippen LogP contribution < -0.4 is 0 Å². The summed E-state index contributed by atoms with van der Waals surface area (Å²) < 4.78 is 10.9. The van der Waals surface area contributed by atoms with Crippen molar-refractivity contribution in [3.05, 3.63) is 40.2 Å². The molecule has 1 aromatic heterocycles. The molecule has 0 unspecified atom stereocenters. The smallest absolute Gasteiger partial charge is 0.331 e. The first-order chi connectivity index (χ1) is 11.4. The van der Waals surface area contributed by atoms with Crippen molar-refractivity contribution in [1.29, 1.82) is 0 Å². The molecule has 1 aliphatic rings. The highest BCUT2D eigenvalue weighted by Crippen LogP contribution is 2.45. The number of allylic oxidation sites excluding steroid dienone is 1. The lowest BCUT2D eigenvalue weighted by Gasteiger charge is -2.25. The van der Waals surface area contributed by atoms with E-state index in [1.165, 1.54) is 11.6 Å². The molecule has 1 atom stereocenters. The number of furan rings is 1. The van der Waals surface area contributed by atoms with E-state index in [1.54, 1.807) is 6.26 Å². The van der Waals surface area contributed by atoms with Gasteiger partial charge in [0.15, 0.2) is 11.3 Å². The zero-order valence-electron chi connectivity index (χ0n) is 14.7. The third-order valence-electron chi connectivity index (χ3n) is 4.81. The highest BCUT2D eigenvalue weighted by molar-refractivity contribution is 5.92. The van der Waals surface area contributed by atoms with E-state index in [-0.39, 0.29) is 18.3 Å². The first-order valence-electron chi connectivity index (χ1n) is 8.46. The number of benzene rings is 1. The van der Waals surface area contributed by atoms with E-state index in [2.05, 4.69) is 13.8 Å². The molecule has 1 aromatic carbocycles. The first kappa shape index (κ1) is 16.6. The molecule has 0 aliphatic heterocycles. The van der Waals surface area contributed by atoms with Crippen LogP contribution >= 0.6 is 0 Å². The Bertz CT molecular complexity index is 822. The number of carbonyl (C=O) groups is 1. The molecule has 0 spiro atoms. The minimum absolute atomic E-state index is 0.142. The van der Waals surface area contributed by atoms with Crippen molar-refractivity contribution in [2.24, 2.45) is 0 Å². The van der Waals surface area contributed by atoms with Gasteiger partial charge in [0.2, 0.25) is 0 Å². The molecule has 1 aliphatic carbocycles. The molecule has 3 rings (SSSR count). The van der Waals surface area contributed by atoms with Gasteiger partial charge in [-0.25, -0.2) is 4.79 Å². The molecule has 0 radical (unpaired) electrons. The maximum Gasteiger partial charge on any atom is 0.331 e. The van der Waals surface area contributed by atoms with Crippen LogP contribution in [0.5, 0.6) is 5.75 Å². The second-order valence-electron chi connectivity index (χ2n) is 6.95. The van der Waals surface area contributed by atoms with Crippen molar-refractivity contribution in [2.45, 2.75) is 59.5 Å². The molecule has 4 heteroatoms. The van der Waals surface area contributed by atoms with E-state index >= 15 is 0 Å². The van der Waals surface area contributed by atoms with Crippen molar-refractivity contribution in [1.82, 2.24) is 0 Å². The van der Waals surface area contributed by atoms with Crippen LogP contribution in [0.2, 0.25) is 0 Å². The molecule has 4 nitrogen and oxygen atoms in total. The summed E-state index contributed by atoms with van der Waals surface area (Å²) in [6.07, 6.45) is 6.15. The average molecular weight is 328 g/mol. The Kier molecular flexibility index (Phi) is 4.39. The molecule has 0 saturated carbocycles. The quantitative estimate of drug-likeness (QED) is 0.643. The fraction of sp³-hybridized carbons (Fsp3) is 0.450. The van der Waals surface area contributed by atoms with Gasteiger partial charge in [-0.05, 0) is 57.1 Å². The van der Waals surface area contributed by atoms with Crippen LogP contribution in [0, 0.1) is 6.92 Å². The zero-order chi connectivity index (χ0) is 17.4. The standard InChI is InChI=1S/C20H24O4/c1-11(2)8-16(21)23-9-14-10-24-20-18(14)13(4)17-12(3)6-5-7-15(17)19(20)22/h8,10,12,22H,5-7,9H2,1-4H3/t12-/m0/s1. The van der Waals surface area contributed by atoms with Crippen molar-refractivity contribution >= 4 is 16.9 Å². The summed E-state index contributed by atoms with van der Waals surface area (Å²) in [6.45, 7) is 8.11. The molecule has 1 N–H and O–H groups in total. The van der Waals surface area contributed by atoms with Crippen LogP contribution in [0.25, 0.3) is 11.0 Å². The second-order valence-corrected chi connectivity index (χ2v) is 6.95. The van der Waals surface area contributed by atoms with Crippen LogP contribution in [0.15, 0.2) is 22.3 Å². The number of rotatable bonds is 3. The fourth-order valence-corrected chi connectivity index (χ4v) is 3.79. The van der Waals surface area contributed by atoms with E-state index in [9.17, 15) is 9.90 Å². The van der Waals surface area contributed by atoms with Crippen molar-refractivity contribution in [3.63, 3.8) is 0 Å². The minimum atomic E-state index is -0.363.